The maximum atomic E-state index is 14.1. The van der Waals surface area contributed by atoms with Gasteiger partial charge in [0.15, 0.2) is 0 Å². The van der Waals surface area contributed by atoms with E-state index in [2.05, 4.69) is 0 Å². The maximum absolute atomic E-state index is 14.1. The van der Waals surface area contributed by atoms with Gasteiger partial charge in [0, 0.05) is 0 Å². The fourth-order valence-corrected chi connectivity index (χ4v) is 5.90. The summed E-state index contributed by atoms with van der Waals surface area (Å²) in [6, 6.07) is 21.7. The van der Waals surface area contributed by atoms with Crippen LogP contribution in [0.2, 0.25) is 0 Å². The Bertz CT molecular complexity index is 1430. The minimum Gasteiger partial charge on any atom is -0.507 e. The van der Waals surface area contributed by atoms with Gasteiger partial charge in [-0.25, -0.2) is 21.2 Å². The van der Waals surface area contributed by atoms with Gasteiger partial charge in [-0.1, -0.05) is 36.4 Å². The van der Waals surface area contributed by atoms with Crippen molar-refractivity contribution in [3.05, 3.63) is 103 Å². The Morgan fingerprint density at radius 3 is 1.64 bits per heavy atom. The lowest BCUT2D eigenvalue weighted by Crippen LogP contribution is -2.04. The van der Waals surface area contributed by atoms with Crippen LogP contribution in [0.15, 0.2) is 117 Å². The van der Waals surface area contributed by atoms with Crippen molar-refractivity contribution < 1.29 is 31.1 Å². The van der Waals surface area contributed by atoms with E-state index in [1.807, 2.05) is 0 Å². The molecule has 4 rings (SSSR count). The zero-order chi connectivity index (χ0) is 23.6. The molecule has 1 N–H and O–H groups in total. The topological polar surface area (TPSA) is 97.7 Å². The highest BCUT2D eigenvalue weighted by Crippen LogP contribution is 2.32. The van der Waals surface area contributed by atoms with E-state index in [1.165, 1.54) is 91.0 Å². The minimum atomic E-state index is -4.14. The number of hydrogen-bond acceptors (Lipinski definition) is 6. The molecule has 0 aromatic heterocycles. The van der Waals surface area contributed by atoms with E-state index < -0.39 is 30.4 Å². The SMILES string of the molecule is O=S(=O)(c1cccc(Oc2cccc(S(=O)(=O)c3ccccc3F)c2)c1)c1ccccc1O. The van der Waals surface area contributed by atoms with Crippen LogP contribution in [0.3, 0.4) is 0 Å². The van der Waals surface area contributed by atoms with E-state index in [1.54, 1.807) is 0 Å². The fourth-order valence-electron chi connectivity index (χ4n) is 3.15. The molecule has 0 radical (unpaired) electrons. The van der Waals surface area contributed by atoms with Crippen LogP contribution in [0.5, 0.6) is 17.2 Å². The second-order valence-electron chi connectivity index (χ2n) is 6.96. The Kier molecular flexibility index (Phi) is 5.92. The molecule has 6 nitrogen and oxygen atoms in total. The summed E-state index contributed by atoms with van der Waals surface area (Å²) in [6.07, 6.45) is 0. The van der Waals surface area contributed by atoms with Crippen LogP contribution >= 0.6 is 0 Å². The van der Waals surface area contributed by atoms with Gasteiger partial charge in [0.1, 0.15) is 32.9 Å². The molecular weight excluding hydrogens is 467 g/mol. The summed E-state index contributed by atoms with van der Waals surface area (Å²) in [6.45, 7) is 0. The summed E-state index contributed by atoms with van der Waals surface area (Å²) < 4.78 is 71.2. The molecule has 0 amide bonds. The van der Waals surface area contributed by atoms with Gasteiger partial charge in [0.2, 0.25) is 19.7 Å². The van der Waals surface area contributed by atoms with Crippen LogP contribution < -0.4 is 4.74 Å². The maximum Gasteiger partial charge on any atom is 0.210 e. The normalized spacial score (nSPS) is 11.8. The lowest BCUT2D eigenvalue weighted by Gasteiger charge is -2.11. The highest BCUT2D eigenvalue weighted by molar-refractivity contribution is 7.91. The number of benzene rings is 4. The fraction of sp³-hybridized carbons (Fsp3) is 0. The van der Waals surface area contributed by atoms with Crippen molar-refractivity contribution in [3.63, 3.8) is 0 Å². The van der Waals surface area contributed by atoms with Crippen molar-refractivity contribution in [3.8, 4) is 17.2 Å². The molecule has 0 saturated carbocycles. The Morgan fingerprint density at radius 2 is 1.09 bits per heavy atom. The molecule has 0 fully saturated rings. The van der Waals surface area contributed by atoms with Gasteiger partial charge in [-0.2, -0.15) is 0 Å². The molecule has 0 aliphatic carbocycles. The molecular formula is C24H17FO6S2. The van der Waals surface area contributed by atoms with Gasteiger partial charge >= 0.3 is 0 Å². The highest BCUT2D eigenvalue weighted by atomic mass is 32.2. The second-order valence-corrected chi connectivity index (χ2v) is 10.8. The lowest BCUT2D eigenvalue weighted by atomic mass is 10.3. The summed E-state index contributed by atoms with van der Waals surface area (Å²) in [5.41, 5.74) is 0. The van der Waals surface area contributed by atoms with Crippen LogP contribution in [0.1, 0.15) is 0 Å². The van der Waals surface area contributed by atoms with Gasteiger partial charge in [0.25, 0.3) is 0 Å². The Balaban J connectivity index is 1.67. The number of ether oxygens (including phenoxy) is 1. The first kappa shape index (κ1) is 22.5. The van der Waals surface area contributed by atoms with Gasteiger partial charge < -0.3 is 9.84 Å². The van der Waals surface area contributed by atoms with Crippen molar-refractivity contribution in [2.45, 2.75) is 19.6 Å². The molecule has 4 aromatic carbocycles. The lowest BCUT2D eigenvalue weighted by molar-refractivity contribution is 0.458. The van der Waals surface area contributed by atoms with E-state index in [4.69, 9.17) is 4.74 Å². The molecule has 0 heterocycles. The van der Waals surface area contributed by atoms with Crippen LogP contribution in [-0.4, -0.2) is 21.9 Å². The Morgan fingerprint density at radius 1 is 0.606 bits per heavy atom. The van der Waals surface area contributed by atoms with Gasteiger partial charge in [-0.15, -0.1) is 0 Å². The molecule has 0 spiro atoms. The first-order valence-electron chi connectivity index (χ1n) is 9.60. The third-order valence-corrected chi connectivity index (χ3v) is 8.33. The number of rotatable bonds is 6. The molecule has 33 heavy (non-hydrogen) atoms. The third-order valence-electron chi connectivity index (χ3n) is 4.75. The largest absolute Gasteiger partial charge is 0.507 e. The van der Waals surface area contributed by atoms with E-state index in [0.717, 1.165) is 6.07 Å². The number of phenols is 1. The summed E-state index contributed by atoms with van der Waals surface area (Å²) >= 11 is 0. The first-order chi connectivity index (χ1) is 15.7. The zero-order valence-corrected chi connectivity index (χ0v) is 18.6. The summed E-state index contributed by atoms with van der Waals surface area (Å²) in [5.74, 6) is -1.00. The molecule has 4 aromatic rings. The Hall–Kier alpha value is -3.69. The van der Waals surface area contributed by atoms with E-state index in [-0.39, 0.29) is 31.9 Å². The number of aromatic hydroxyl groups is 1. The van der Waals surface area contributed by atoms with Crippen molar-refractivity contribution in [2.75, 3.05) is 0 Å². The predicted octanol–water partition coefficient (Wildman–Crippen LogP) is 4.99. The average molecular weight is 485 g/mol. The molecule has 0 aliphatic heterocycles. The average Bonchev–Trinajstić information content (AvgIpc) is 2.80. The van der Waals surface area contributed by atoms with Crippen LogP contribution in [-0.2, 0) is 19.7 Å². The smallest absolute Gasteiger partial charge is 0.210 e. The summed E-state index contributed by atoms with van der Waals surface area (Å²) in [7, 11) is -8.16. The second kappa shape index (κ2) is 8.68. The van der Waals surface area contributed by atoms with Gasteiger partial charge in [0.05, 0.1) is 9.79 Å². The van der Waals surface area contributed by atoms with Crippen molar-refractivity contribution in [1.29, 1.82) is 0 Å². The van der Waals surface area contributed by atoms with Crippen LogP contribution in [0.25, 0.3) is 0 Å². The van der Waals surface area contributed by atoms with Gasteiger partial charge in [-0.05, 0) is 60.7 Å². The number of hydrogen-bond donors (Lipinski definition) is 1. The molecule has 9 heteroatoms. The van der Waals surface area contributed by atoms with Gasteiger partial charge in [-0.3, -0.25) is 0 Å². The van der Waals surface area contributed by atoms with Crippen molar-refractivity contribution in [1.82, 2.24) is 0 Å². The predicted molar refractivity (Wildman–Crippen MR) is 118 cm³/mol. The first-order valence-corrected chi connectivity index (χ1v) is 12.6. The van der Waals surface area contributed by atoms with Crippen LogP contribution in [0.4, 0.5) is 4.39 Å². The Labute approximate surface area is 190 Å². The number of sulfone groups is 2. The van der Waals surface area contributed by atoms with E-state index >= 15 is 0 Å². The standard InChI is InChI=1S/C24H17FO6S2/c25-21-11-1-3-13-23(21)32(27,28)19-9-5-7-17(15-19)31-18-8-6-10-20(16-18)33(29,30)24-14-4-2-12-22(24)26/h1-16,26H. The number of phenolic OH excluding ortho intramolecular Hbond substituents is 1. The molecule has 0 bridgehead atoms. The number of para-hydroxylation sites is 1. The molecule has 0 unspecified atom stereocenters. The monoisotopic (exact) mass is 484 g/mol. The summed E-state index contributed by atoms with van der Waals surface area (Å²) in [4.78, 5) is -1.00. The quantitative estimate of drug-likeness (QED) is 0.414. The van der Waals surface area contributed by atoms with Crippen molar-refractivity contribution >= 4 is 19.7 Å². The van der Waals surface area contributed by atoms with Crippen LogP contribution in [0, 0.1) is 5.82 Å². The molecule has 0 aliphatic rings. The molecule has 0 saturated heterocycles. The minimum absolute atomic E-state index is 0.114. The van der Waals surface area contributed by atoms with Crippen molar-refractivity contribution in [2.24, 2.45) is 0 Å². The third kappa shape index (κ3) is 4.46. The molecule has 0 atom stereocenters. The number of halogens is 1. The van der Waals surface area contributed by atoms with E-state index in [0.29, 0.717) is 0 Å². The molecule has 168 valence electrons. The van der Waals surface area contributed by atoms with E-state index in [9.17, 15) is 26.3 Å². The highest BCUT2D eigenvalue weighted by Gasteiger charge is 2.23. The summed E-state index contributed by atoms with van der Waals surface area (Å²) in [5, 5.41) is 9.94. The zero-order valence-electron chi connectivity index (χ0n) is 16.9.